The molecule has 272 valence electrons. The number of nitrogens with one attached hydrogen (secondary N) is 2. The maximum absolute atomic E-state index is 12.4. The van der Waals surface area contributed by atoms with Gasteiger partial charge in [0.15, 0.2) is 0 Å². The van der Waals surface area contributed by atoms with Crippen molar-refractivity contribution < 1.29 is 39.3 Å². The van der Waals surface area contributed by atoms with Gasteiger partial charge in [-0.25, -0.2) is 0 Å². The van der Waals surface area contributed by atoms with E-state index < -0.39 is 29.9 Å². The van der Waals surface area contributed by atoms with Gasteiger partial charge in [-0.15, -0.1) is 0 Å². The molecular formula is C31H54N2O8S6. The van der Waals surface area contributed by atoms with Crippen LogP contribution in [-0.2, 0) is 24.0 Å². The molecule has 5 N–H and O–H groups in total. The maximum Gasteiger partial charge on any atom is 0.320 e. The lowest BCUT2D eigenvalue weighted by molar-refractivity contribution is -0.144. The van der Waals surface area contributed by atoms with Gasteiger partial charge in [-0.3, -0.25) is 29.3 Å². The van der Waals surface area contributed by atoms with Crippen LogP contribution in [0.15, 0.2) is 0 Å². The molecule has 1 amide bonds. The first-order valence-corrected chi connectivity index (χ1v) is 24.0. The van der Waals surface area contributed by atoms with Crippen LogP contribution in [0, 0.1) is 5.92 Å². The molecule has 0 spiro atoms. The van der Waals surface area contributed by atoms with E-state index in [2.05, 4.69) is 10.6 Å². The Hall–Kier alpha value is -0.390. The van der Waals surface area contributed by atoms with E-state index in [9.17, 15) is 34.2 Å². The van der Waals surface area contributed by atoms with Crippen LogP contribution >= 0.6 is 64.8 Å². The van der Waals surface area contributed by atoms with Gasteiger partial charge in [0.1, 0.15) is 16.5 Å². The second-order valence-electron chi connectivity index (χ2n) is 11.6. The molecule has 1 saturated heterocycles. The standard InChI is InChI=1S/C31H54N2O8S6/c34-25(15-11-9-7-5-3-1-2-4-6-8-10-12-17-28(36)37)21-24(29(38)39)18-19-27(35)32-20-14-13-16-26(30(40)41)33-31-46-44-22-42-43-23-45-47-31/h24,26,31,33H,1-23H2,(H,32,35)(H,36,37)(H,38,39)(H,40,41)/t24-,26+/m1/s1. The molecule has 2 atom stereocenters. The van der Waals surface area contributed by atoms with Crippen LogP contribution < -0.4 is 10.6 Å². The van der Waals surface area contributed by atoms with Crippen LogP contribution in [0.25, 0.3) is 0 Å². The molecular weight excluding hydrogens is 721 g/mol. The van der Waals surface area contributed by atoms with E-state index >= 15 is 0 Å². The van der Waals surface area contributed by atoms with Crippen LogP contribution in [0.1, 0.15) is 128 Å². The number of hydrogen-bond acceptors (Lipinski definition) is 12. The predicted molar refractivity (Wildman–Crippen MR) is 203 cm³/mol. The average Bonchev–Trinajstić information content (AvgIpc) is 3.16. The van der Waals surface area contributed by atoms with E-state index in [0.717, 1.165) is 61.5 Å². The Kier molecular flexibility index (Phi) is 28.9. The molecule has 0 bridgehead atoms. The van der Waals surface area contributed by atoms with E-state index in [-0.39, 0.29) is 42.1 Å². The zero-order valence-corrected chi connectivity index (χ0v) is 32.2. The third-order valence-corrected chi connectivity index (χ3v) is 17.4. The zero-order chi connectivity index (χ0) is 34.5. The Morgan fingerprint density at radius 3 is 1.64 bits per heavy atom. The van der Waals surface area contributed by atoms with Crippen LogP contribution in [0.3, 0.4) is 0 Å². The van der Waals surface area contributed by atoms with Crippen LogP contribution in [0.4, 0.5) is 0 Å². The Morgan fingerprint density at radius 1 is 0.596 bits per heavy atom. The summed E-state index contributed by atoms with van der Waals surface area (Å²) in [7, 11) is 10.3. The topological polar surface area (TPSA) is 170 Å². The van der Waals surface area contributed by atoms with Gasteiger partial charge >= 0.3 is 17.9 Å². The van der Waals surface area contributed by atoms with Crippen molar-refractivity contribution in [3.05, 3.63) is 0 Å². The lowest BCUT2D eigenvalue weighted by Gasteiger charge is -2.21. The normalized spacial score (nSPS) is 15.6. The molecule has 0 aromatic rings. The highest BCUT2D eigenvalue weighted by Crippen LogP contribution is 2.46. The van der Waals surface area contributed by atoms with Gasteiger partial charge in [0, 0.05) is 32.2 Å². The highest BCUT2D eigenvalue weighted by atomic mass is 33.2. The second-order valence-corrected chi connectivity index (χ2v) is 20.0. The molecule has 1 aliphatic heterocycles. The highest BCUT2D eigenvalue weighted by molar-refractivity contribution is 8.92. The number of ketones is 1. The summed E-state index contributed by atoms with van der Waals surface area (Å²) in [4.78, 5) is 58.7. The number of unbranched alkanes of at least 4 members (excludes halogenated alkanes) is 12. The van der Waals surface area contributed by atoms with Crippen LogP contribution in [-0.4, -0.2) is 72.4 Å². The number of amides is 1. The van der Waals surface area contributed by atoms with Crippen LogP contribution in [0.5, 0.6) is 0 Å². The first-order valence-electron chi connectivity index (χ1n) is 16.7. The molecule has 0 aromatic carbocycles. The predicted octanol–water partition coefficient (Wildman–Crippen LogP) is 8.66. The number of carboxylic acids is 3. The fourth-order valence-electron chi connectivity index (χ4n) is 4.95. The maximum atomic E-state index is 12.4. The first-order chi connectivity index (χ1) is 22.7. The Labute approximate surface area is 304 Å². The molecule has 1 rings (SSSR count). The van der Waals surface area contributed by atoms with Crippen LogP contribution in [0.2, 0.25) is 0 Å². The number of rotatable bonds is 29. The molecule has 1 heterocycles. The van der Waals surface area contributed by atoms with Crippen molar-refractivity contribution in [1.29, 1.82) is 0 Å². The van der Waals surface area contributed by atoms with Crippen molar-refractivity contribution in [1.82, 2.24) is 10.6 Å². The minimum absolute atomic E-state index is 0.0217. The molecule has 0 aromatic heterocycles. The van der Waals surface area contributed by atoms with E-state index in [1.54, 1.807) is 64.8 Å². The van der Waals surface area contributed by atoms with E-state index in [1.807, 2.05) is 0 Å². The lowest BCUT2D eigenvalue weighted by Crippen LogP contribution is -2.40. The number of hydrogen-bond donors (Lipinski definition) is 5. The number of carbonyl (C=O) groups is 5. The number of Topliss-reactive ketones (excluding diaryl/α,β-unsaturated/α-hetero) is 1. The summed E-state index contributed by atoms with van der Waals surface area (Å²) in [6, 6.07) is -0.664. The van der Waals surface area contributed by atoms with E-state index in [0.29, 0.717) is 32.2 Å². The van der Waals surface area contributed by atoms with Gasteiger partial charge in [-0.05, 0) is 38.5 Å². The van der Waals surface area contributed by atoms with Crippen molar-refractivity contribution in [3.8, 4) is 0 Å². The monoisotopic (exact) mass is 774 g/mol. The van der Waals surface area contributed by atoms with Gasteiger partial charge in [-0.1, -0.05) is 129 Å². The van der Waals surface area contributed by atoms with E-state index in [4.69, 9.17) is 5.11 Å². The summed E-state index contributed by atoms with van der Waals surface area (Å²) < 4.78 is -0.0217. The van der Waals surface area contributed by atoms with Gasteiger partial charge < -0.3 is 20.6 Å². The molecule has 16 heteroatoms. The third-order valence-electron chi connectivity index (χ3n) is 7.60. The minimum Gasteiger partial charge on any atom is -0.481 e. The summed E-state index contributed by atoms with van der Waals surface area (Å²) in [5.41, 5.74) is 0. The third kappa shape index (κ3) is 27.1. The Bertz CT molecular complexity index is 894. The van der Waals surface area contributed by atoms with Gasteiger partial charge in [-0.2, -0.15) is 0 Å². The van der Waals surface area contributed by atoms with Crippen molar-refractivity contribution in [2.45, 2.75) is 139 Å². The van der Waals surface area contributed by atoms with Crippen molar-refractivity contribution >= 4 is 94.4 Å². The fraction of sp³-hybridized carbons (Fsp3) is 0.839. The quantitative estimate of drug-likeness (QED) is 0.0361. The van der Waals surface area contributed by atoms with Crippen molar-refractivity contribution in [3.63, 3.8) is 0 Å². The molecule has 0 saturated carbocycles. The van der Waals surface area contributed by atoms with E-state index in [1.165, 1.54) is 25.7 Å². The van der Waals surface area contributed by atoms with Gasteiger partial charge in [0.25, 0.3) is 0 Å². The SMILES string of the molecule is O=C(O)CCCCCCCCCCCCCCC(=O)C[C@@H](CCC(=O)NCCCC[C@H](NC1SSCSSCSS1)C(=O)O)C(=O)O. The smallest absolute Gasteiger partial charge is 0.320 e. The Balaban J connectivity index is 2.10. The highest BCUT2D eigenvalue weighted by Gasteiger charge is 2.24. The average molecular weight is 775 g/mol. The molecule has 10 nitrogen and oxygen atoms in total. The molecule has 0 radical (unpaired) electrons. The first kappa shape index (κ1) is 44.6. The minimum atomic E-state index is -1.05. The fourth-order valence-corrected chi connectivity index (χ4v) is 15.4. The summed E-state index contributed by atoms with van der Waals surface area (Å²) >= 11 is 0. The zero-order valence-electron chi connectivity index (χ0n) is 27.3. The largest absolute Gasteiger partial charge is 0.481 e. The summed E-state index contributed by atoms with van der Waals surface area (Å²) in [6.07, 6.45) is 15.1. The molecule has 1 fully saturated rings. The lowest BCUT2D eigenvalue weighted by atomic mass is 9.94. The van der Waals surface area contributed by atoms with Crippen molar-refractivity contribution in [2.75, 3.05) is 16.7 Å². The number of carboxylic acid groups (broad SMARTS) is 3. The van der Waals surface area contributed by atoms with Gasteiger partial charge in [0.2, 0.25) is 5.91 Å². The molecule has 0 aliphatic carbocycles. The summed E-state index contributed by atoms with van der Waals surface area (Å²) in [5.74, 6) is -3.84. The summed E-state index contributed by atoms with van der Waals surface area (Å²) in [5, 5.41) is 35.8. The van der Waals surface area contributed by atoms with Crippen molar-refractivity contribution in [2.24, 2.45) is 5.92 Å². The molecule has 47 heavy (non-hydrogen) atoms. The molecule has 1 aliphatic rings. The van der Waals surface area contributed by atoms with Gasteiger partial charge in [0.05, 0.1) is 16.1 Å². The molecule has 0 unspecified atom stereocenters. The second kappa shape index (κ2) is 30.4. The number of carbonyl (C=O) groups excluding carboxylic acids is 2. The summed E-state index contributed by atoms with van der Waals surface area (Å²) in [6.45, 7) is 0.394. The Morgan fingerprint density at radius 2 is 1.13 bits per heavy atom. The number of aliphatic carboxylic acids is 3.